The number of benzene rings is 2. The van der Waals surface area contributed by atoms with Crippen LogP contribution in [0, 0.1) is 0 Å². The first-order valence-corrected chi connectivity index (χ1v) is 7.49. The van der Waals surface area contributed by atoms with Crippen molar-refractivity contribution < 1.29 is 4.74 Å². The van der Waals surface area contributed by atoms with Gasteiger partial charge in [0.05, 0.1) is 12.8 Å². The molecule has 2 rings (SSSR count). The number of nitrogens with one attached hydrogen (secondary N) is 1. The van der Waals surface area contributed by atoms with Crippen LogP contribution in [-0.4, -0.2) is 12.8 Å². The molecule has 0 unspecified atom stereocenters. The lowest BCUT2D eigenvalue weighted by Crippen LogP contribution is -2.06. The molecule has 1 N–H and O–H groups in total. The van der Waals surface area contributed by atoms with E-state index >= 15 is 0 Å². The number of hydrazone groups is 1. The van der Waals surface area contributed by atoms with Crippen LogP contribution in [0.25, 0.3) is 0 Å². The van der Waals surface area contributed by atoms with Crippen molar-refractivity contribution in [2.75, 3.05) is 6.61 Å². The quantitative estimate of drug-likeness (QED) is 0.453. The zero-order valence-electron chi connectivity index (χ0n) is 11.9. The normalized spacial score (nSPS) is 10.6. The first kappa shape index (κ1) is 16.4. The van der Waals surface area contributed by atoms with Gasteiger partial charge < -0.3 is 10.2 Å². The smallest absolute Gasteiger partial charge is 0.119 e. The SMILES string of the molecule is C=CCOc1ccc(/C=N\NCc2c(Cl)cccc2Cl)cc1. The van der Waals surface area contributed by atoms with Crippen molar-refractivity contribution in [3.05, 3.63) is 76.3 Å². The lowest BCUT2D eigenvalue weighted by atomic mass is 10.2. The van der Waals surface area contributed by atoms with Crippen LogP contribution in [0.5, 0.6) is 5.75 Å². The summed E-state index contributed by atoms with van der Waals surface area (Å²) in [5.41, 5.74) is 4.73. The summed E-state index contributed by atoms with van der Waals surface area (Å²) in [6.45, 7) is 4.57. The molecule has 3 nitrogen and oxygen atoms in total. The summed E-state index contributed by atoms with van der Waals surface area (Å²) < 4.78 is 5.41. The third-order valence-electron chi connectivity index (χ3n) is 2.87. The van der Waals surface area contributed by atoms with E-state index in [2.05, 4.69) is 17.1 Å². The zero-order valence-corrected chi connectivity index (χ0v) is 13.4. The number of nitrogens with zero attached hydrogens (tertiary/aromatic N) is 1. The third-order valence-corrected chi connectivity index (χ3v) is 3.58. The minimum absolute atomic E-state index is 0.468. The molecule has 0 bridgehead atoms. The lowest BCUT2D eigenvalue weighted by molar-refractivity contribution is 0.363. The van der Waals surface area contributed by atoms with Crippen molar-refractivity contribution in [2.24, 2.45) is 5.10 Å². The van der Waals surface area contributed by atoms with Gasteiger partial charge in [0.1, 0.15) is 12.4 Å². The van der Waals surface area contributed by atoms with Gasteiger partial charge in [0.2, 0.25) is 0 Å². The molecular weight excluding hydrogens is 319 g/mol. The maximum absolute atomic E-state index is 6.09. The monoisotopic (exact) mass is 334 g/mol. The van der Waals surface area contributed by atoms with Gasteiger partial charge in [-0.25, -0.2) is 0 Å². The van der Waals surface area contributed by atoms with Crippen molar-refractivity contribution in [3.63, 3.8) is 0 Å². The number of hydrogen-bond acceptors (Lipinski definition) is 3. The van der Waals surface area contributed by atoms with E-state index in [0.29, 0.717) is 23.2 Å². The van der Waals surface area contributed by atoms with Gasteiger partial charge in [-0.15, -0.1) is 0 Å². The highest BCUT2D eigenvalue weighted by atomic mass is 35.5. The van der Waals surface area contributed by atoms with E-state index in [-0.39, 0.29) is 0 Å². The summed E-state index contributed by atoms with van der Waals surface area (Å²) in [5, 5.41) is 5.41. The van der Waals surface area contributed by atoms with E-state index in [0.717, 1.165) is 16.9 Å². The van der Waals surface area contributed by atoms with Crippen molar-refractivity contribution in [1.82, 2.24) is 5.43 Å². The Morgan fingerprint density at radius 2 is 1.77 bits per heavy atom. The molecule has 0 aliphatic rings. The second-order valence-electron chi connectivity index (χ2n) is 4.46. The molecule has 0 amide bonds. The van der Waals surface area contributed by atoms with Crippen LogP contribution in [0.4, 0.5) is 0 Å². The average molecular weight is 335 g/mol. The van der Waals surface area contributed by atoms with Gasteiger partial charge in [-0.2, -0.15) is 5.10 Å². The molecular formula is C17H16Cl2N2O. The maximum atomic E-state index is 6.09. The summed E-state index contributed by atoms with van der Waals surface area (Å²) in [7, 11) is 0. The van der Waals surface area contributed by atoms with Gasteiger partial charge in [0, 0.05) is 15.6 Å². The van der Waals surface area contributed by atoms with Crippen LogP contribution in [0.2, 0.25) is 10.0 Å². The van der Waals surface area contributed by atoms with Gasteiger partial charge in [0.15, 0.2) is 0 Å². The van der Waals surface area contributed by atoms with Crippen LogP contribution in [0.3, 0.4) is 0 Å². The molecule has 114 valence electrons. The highest BCUT2D eigenvalue weighted by Gasteiger charge is 2.03. The highest BCUT2D eigenvalue weighted by Crippen LogP contribution is 2.23. The number of ether oxygens (including phenoxy) is 1. The Bertz CT molecular complexity index is 634. The molecule has 0 radical (unpaired) electrons. The first-order chi connectivity index (χ1) is 10.7. The van der Waals surface area contributed by atoms with Gasteiger partial charge in [-0.05, 0) is 42.0 Å². The second kappa shape index (κ2) is 8.47. The highest BCUT2D eigenvalue weighted by molar-refractivity contribution is 6.35. The molecule has 0 aliphatic heterocycles. The summed E-state index contributed by atoms with van der Waals surface area (Å²) in [5.74, 6) is 0.799. The summed E-state index contributed by atoms with van der Waals surface area (Å²) in [6.07, 6.45) is 3.43. The van der Waals surface area contributed by atoms with Crippen LogP contribution < -0.4 is 10.2 Å². The second-order valence-corrected chi connectivity index (χ2v) is 5.28. The molecule has 0 heterocycles. The average Bonchev–Trinajstić information content (AvgIpc) is 2.53. The lowest BCUT2D eigenvalue weighted by Gasteiger charge is -2.06. The first-order valence-electron chi connectivity index (χ1n) is 6.73. The van der Waals surface area contributed by atoms with Gasteiger partial charge in [-0.3, -0.25) is 0 Å². The Balaban J connectivity index is 1.88. The Hall–Kier alpha value is -1.97. The third kappa shape index (κ3) is 4.79. The predicted octanol–water partition coefficient (Wildman–Crippen LogP) is 4.68. The summed E-state index contributed by atoms with van der Waals surface area (Å²) >= 11 is 12.2. The Morgan fingerprint density at radius 3 is 2.41 bits per heavy atom. The number of halogens is 2. The van der Waals surface area contributed by atoms with Crippen LogP contribution in [0.1, 0.15) is 11.1 Å². The van der Waals surface area contributed by atoms with E-state index in [1.165, 1.54) is 0 Å². The van der Waals surface area contributed by atoms with E-state index in [1.54, 1.807) is 24.4 Å². The van der Waals surface area contributed by atoms with E-state index in [1.807, 2.05) is 30.3 Å². The predicted molar refractivity (Wildman–Crippen MR) is 93.0 cm³/mol. The molecule has 22 heavy (non-hydrogen) atoms. The van der Waals surface area contributed by atoms with Crippen molar-refractivity contribution in [3.8, 4) is 5.75 Å². The molecule has 0 atom stereocenters. The van der Waals surface area contributed by atoms with Crippen LogP contribution in [-0.2, 0) is 6.54 Å². The number of hydrogen-bond donors (Lipinski definition) is 1. The fraction of sp³-hybridized carbons (Fsp3) is 0.118. The molecule has 0 spiro atoms. The fourth-order valence-electron chi connectivity index (χ4n) is 1.75. The van der Waals surface area contributed by atoms with Gasteiger partial charge in [0.25, 0.3) is 0 Å². The van der Waals surface area contributed by atoms with Gasteiger partial charge in [-0.1, -0.05) is 41.9 Å². The summed E-state index contributed by atoms with van der Waals surface area (Å²) in [6, 6.07) is 13.0. The molecule has 5 heteroatoms. The van der Waals surface area contributed by atoms with Crippen molar-refractivity contribution >= 4 is 29.4 Å². The van der Waals surface area contributed by atoms with Gasteiger partial charge >= 0.3 is 0 Å². The van der Waals surface area contributed by atoms with E-state index < -0.39 is 0 Å². The largest absolute Gasteiger partial charge is 0.490 e. The Labute approximate surface area is 140 Å². The fourth-order valence-corrected chi connectivity index (χ4v) is 2.28. The van der Waals surface area contributed by atoms with Crippen molar-refractivity contribution in [1.29, 1.82) is 0 Å². The minimum Gasteiger partial charge on any atom is -0.490 e. The Kier molecular flexibility index (Phi) is 6.31. The minimum atomic E-state index is 0.468. The molecule has 0 saturated heterocycles. The molecule has 0 fully saturated rings. The van der Waals surface area contributed by atoms with Crippen LogP contribution >= 0.6 is 23.2 Å². The zero-order chi connectivity index (χ0) is 15.8. The number of rotatable bonds is 7. The standard InChI is InChI=1S/C17H16Cl2N2O/c1-2-10-22-14-8-6-13(7-9-14)11-20-21-12-15-16(18)4-3-5-17(15)19/h2-9,11,21H,1,10,12H2/b20-11-. The maximum Gasteiger partial charge on any atom is 0.119 e. The molecule has 2 aromatic rings. The van der Waals surface area contributed by atoms with E-state index in [4.69, 9.17) is 27.9 Å². The topological polar surface area (TPSA) is 33.6 Å². The molecule has 0 aromatic heterocycles. The molecule has 0 saturated carbocycles. The Morgan fingerprint density at radius 1 is 1.09 bits per heavy atom. The van der Waals surface area contributed by atoms with Crippen LogP contribution in [0.15, 0.2) is 60.2 Å². The molecule has 0 aliphatic carbocycles. The molecule has 2 aromatic carbocycles. The summed E-state index contributed by atoms with van der Waals surface area (Å²) in [4.78, 5) is 0. The van der Waals surface area contributed by atoms with E-state index in [9.17, 15) is 0 Å². The van der Waals surface area contributed by atoms with Crippen molar-refractivity contribution in [2.45, 2.75) is 6.54 Å².